The van der Waals surface area contributed by atoms with Crippen LogP contribution in [0.1, 0.15) is 27.2 Å². The molecule has 0 aromatic rings. The van der Waals surface area contributed by atoms with Crippen LogP contribution in [0.4, 0.5) is 0 Å². The second kappa shape index (κ2) is 3.15. The Hall–Kier alpha value is -0.370. The predicted octanol–water partition coefficient (Wildman–Crippen LogP) is 1.22. The van der Waals surface area contributed by atoms with Crippen LogP contribution in [0, 0.1) is 0 Å². The molecule has 1 aliphatic heterocycles. The maximum Gasteiger partial charge on any atom is 0.0596 e. The number of nitrogens with zero attached hydrogens (tertiary/aromatic N) is 1. The summed E-state index contributed by atoms with van der Waals surface area (Å²) in [6.45, 7) is 7.47. The fourth-order valence-corrected chi connectivity index (χ4v) is 1.38. The Morgan fingerprint density at radius 3 is 2.90 bits per heavy atom. The van der Waals surface area contributed by atoms with E-state index in [0.717, 1.165) is 13.0 Å². The summed E-state index contributed by atoms with van der Waals surface area (Å²) in [6.07, 6.45) is 1.15. The van der Waals surface area contributed by atoms with Crippen LogP contribution >= 0.6 is 0 Å². The Labute approximate surface area is 62.7 Å². The van der Waals surface area contributed by atoms with Gasteiger partial charge in [0.05, 0.1) is 6.04 Å². The number of rotatable bonds is 1. The first-order valence-corrected chi connectivity index (χ1v) is 4.01. The molecule has 0 aliphatic carbocycles. The van der Waals surface area contributed by atoms with Gasteiger partial charge in [-0.15, -0.1) is 0 Å². The summed E-state index contributed by atoms with van der Waals surface area (Å²) in [5.74, 6) is 0. The number of nitrogens with one attached hydrogen (secondary N) is 1. The molecule has 2 nitrogen and oxygen atoms in total. The molecule has 1 aliphatic rings. The summed E-state index contributed by atoms with van der Waals surface area (Å²) in [5.41, 5.74) is 1.27. The Bertz CT molecular complexity index is 140. The molecule has 0 fully saturated rings. The van der Waals surface area contributed by atoms with E-state index in [9.17, 15) is 0 Å². The SMILES string of the molecule is CCC1NCC(C)N=C1C. The monoisotopic (exact) mass is 140 g/mol. The van der Waals surface area contributed by atoms with Gasteiger partial charge in [0.2, 0.25) is 0 Å². The molecule has 0 bridgehead atoms. The van der Waals surface area contributed by atoms with E-state index < -0.39 is 0 Å². The Balaban J connectivity index is 2.58. The van der Waals surface area contributed by atoms with Gasteiger partial charge >= 0.3 is 0 Å². The summed E-state index contributed by atoms with van der Waals surface area (Å²) < 4.78 is 0. The van der Waals surface area contributed by atoms with E-state index in [4.69, 9.17) is 0 Å². The van der Waals surface area contributed by atoms with Crippen molar-refractivity contribution in [3.63, 3.8) is 0 Å². The van der Waals surface area contributed by atoms with Gasteiger partial charge < -0.3 is 5.32 Å². The van der Waals surface area contributed by atoms with Gasteiger partial charge in [-0.3, -0.25) is 4.99 Å². The maximum absolute atomic E-state index is 4.49. The summed E-state index contributed by atoms with van der Waals surface area (Å²) in [7, 11) is 0. The minimum absolute atomic E-state index is 0.475. The van der Waals surface area contributed by atoms with Crippen molar-refractivity contribution in [1.29, 1.82) is 0 Å². The zero-order valence-corrected chi connectivity index (χ0v) is 7.02. The highest BCUT2D eigenvalue weighted by Crippen LogP contribution is 2.03. The van der Waals surface area contributed by atoms with Crippen LogP contribution in [0.5, 0.6) is 0 Å². The van der Waals surface area contributed by atoms with Crippen molar-refractivity contribution in [2.45, 2.75) is 39.3 Å². The van der Waals surface area contributed by atoms with E-state index in [1.54, 1.807) is 0 Å². The molecule has 2 atom stereocenters. The van der Waals surface area contributed by atoms with E-state index in [0.29, 0.717) is 12.1 Å². The third kappa shape index (κ3) is 1.57. The van der Waals surface area contributed by atoms with E-state index in [1.165, 1.54) is 5.71 Å². The van der Waals surface area contributed by atoms with Crippen LogP contribution in [0.2, 0.25) is 0 Å². The lowest BCUT2D eigenvalue weighted by molar-refractivity contribution is 0.525. The maximum atomic E-state index is 4.49. The van der Waals surface area contributed by atoms with Crippen LogP contribution in [0.3, 0.4) is 0 Å². The van der Waals surface area contributed by atoms with Crippen molar-refractivity contribution in [2.24, 2.45) is 4.99 Å². The van der Waals surface area contributed by atoms with Crippen molar-refractivity contribution < 1.29 is 0 Å². The smallest absolute Gasteiger partial charge is 0.0596 e. The Morgan fingerprint density at radius 2 is 2.40 bits per heavy atom. The molecule has 58 valence electrons. The highest BCUT2D eigenvalue weighted by atomic mass is 15.0. The fraction of sp³-hybridized carbons (Fsp3) is 0.875. The molecule has 0 amide bonds. The van der Waals surface area contributed by atoms with E-state index in [1.807, 2.05) is 0 Å². The molecule has 0 saturated heterocycles. The molecule has 2 unspecified atom stereocenters. The lowest BCUT2D eigenvalue weighted by atomic mass is 10.1. The van der Waals surface area contributed by atoms with E-state index >= 15 is 0 Å². The largest absolute Gasteiger partial charge is 0.307 e. The van der Waals surface area contributed by atoms with Crippen LogP contribution in [-0.4, -0.2) is 24.3 Å². The topological polar surface area (TPSA) is 24.4 Å². The molecule has 10 heavy (non-hydrogen) atoms. The highest BCUT2D eigenvalue weighted by Gasteiger charge is 2.15. The van der Waals surface area contributed by atoms with Gasteiger partial charge in [-0.05, 0) is 20.3 Å². The first kappa shape index (κ1) is 7.73. The van der Waals surface area contributed by atoms with Crippen molar-refractivity contribution in [3.8, 4) is 0 Å². The van der Waals surface area contributed by atoms with Crippen LogP contribution < -0.4 is 5.32 Å². The summed E-state index contributed by atoms with van der Waals surface area (Å²) >= 11 is 0. The molecular formula is C8H16N2. The van der Waals surface area contributed by atoms with Gasteiger partial charge in [0, 0.05) is 18.3 Å². The molecule has 0 aromatic heterocycles. The second-order valence-corrected chi connectivity index (χ2v) is 2.99. The van der Waals surface area contributed by atoms with Gasteiger partial charge in [0.25, 0.3) is 0 Å². The van der Waals surface area contributed by atoms with E-state index in [-0.39, 0.29) is 0 Å². The molecule has 0 spiro atoms. The van der Waals surface area contributed by atoms with Gasteiger partial charge in [0.1, 0.15) is 0 Å². The molecule has 1 heterocycles. The first-order chi connectivity index (χ1) is 4.74. The Morgan fingerprint density at radius 1 is 1.70 bits per heavy atom. The van der Waals surface area contributed by atoms with Crippen molar-refractivity contribution in [1.82, 2.24) is 5.32 Å². The molecular weight excluding hydrogens is 124 g/mol. The quantitative estimate of drug-likeness (QED) is 0.582. The molecule has 0 radical (unpaired) electrons. The van der Waals surface area contributed by atoms with Crippen molar-refractivity contribution >= 4 is 5.71 Å². The van der Waals surface area contributed by atoms with Crippen LogP contribution in [-0.2, 0) is 0 Å². The minimum Gasteiger partial charge on any atom is -0.307 e. The molecule has 0 saturated carbocycles. The van der Waals surface area contributed by atoms with Gasteiger partial charge in [0.15, 0.2) is 0 Å². The third-order valence-electron chi connectivity index (χ3n) is 2.00. The summed E-state index contributed by atoms with van der Waals surface area (Å²) in [4.78, 5) is 4.49. The summed E-state index contributed by atoms with van der Waals surface area (Å²) in [6, 6.07) is 1.01. The van der Waals surface area contributed by atoms with Crippen LogP contribution in [0.15, 0.2) is 4.99 Å². The molecule has 0 aromatic carbocycles. The Kier molecular flexibility index (Phi) is 2.44. The third-order valence-corrected chi connectivity index (χ3v) is 2.00. The highest BCUT2D eigenvalue weighted by molar-refractivity contribution is 5.87. The minimum atomic E-state index is 0.475. The molecule has 1 N–H and O–H groups in total. The summed E-state index contributed by atoms with van der Waals surface area (Å²) in [5, 5.41) is 3.44. The van der Waals surface area contributed by atoms with Crippen LogP contribution in [0.25, 0.3) is 0 Å². The standard InChI is InChI=1S/C8H16N2/c1-4-8-7(3)10-6(2)5-9-8/h6,8-9H,4-5H2,1-3H3. The van der Waals surface area contributed by atoms with Crippen molar-refractivity contribution in [3.05, 3.63) is 0 Å². The number of aliphatic imine (C=N–C) groups is 1. The fourth-order valence-electron chi connectivity index (χ4n) is 1.38. The van der Waals surface area contributed by atoms with Gasteiger partial charge in [-0.25, -0.2) is 0 Å². The predicted molar refractivity (Wildman–Crippen MR) is 44.7 cm³/mol. The second-order valence-electron chi connectivity index (χ2n) is 2.99. The zero-order chi connectivity index (χ0) is 7.56. The normalized spacial score (nSPS) is 33.7. The van der Waals surface area contributed by atoms with Gasteiger partial charge in [-0.1, -0.05) is 6.92 Å². The van der Waals surface area contributed by atoms with E-state index in [2.05, 4.69) is 31.1 Å². The molecule has 2 heteroatoms. The molecule has 1 rings (SSSR count). The van der Waals surface area contributed by atoms with Gasteiger partial charge in [-0.2, -0.15) is 0 Å². The number of hydrogen-bond acceptors (Lipinski definition) is 2. The zero-order valence-electron chi connectivity index (χ0n) is 7.02. The van der Waals surface area contributed by atoms with Crippen molar-refractivity contribution in [2.75, 3.05) is 6.54 Å². The lowest BCUT2D eigenvalue weighted by Crippen LogP contribution is -2.43. The average molecular weight is 140 g/mol. The lowest BCUT2D eigenvalue weighted by Gasteiger charge is -2.24. The first-order valence-electron chi connectivity index (χ1n) is 4.01. The number of hydrogen-bond donors (Lipinski definition) is 1. The average Bonchev–Trinajstić information content (AvgIpc) is 1.88.